The van der Waals surface area contributed by atoms with Crippen LogP contribution in [0.2, 0.25) is 0 Å². The lowest BCUT2D eigenvalue weighted by molar-refractivity contribution is -0.167. The molecule has 0 aromatic carbocycles. The first-order chi connectivity index (χ1) is 40.0. The lowest BCUT2D eigenvalue weighted by atomic mass is 10.0. The summed E-state index contributed by atoms with van der Waals surface area (Å²) >= 11 is 0. The van der Waals surface area contributed by atoms with Crippen molar-refractivity contribution in [2.24, 2.45) is 0 Å². The quantitative estimate of drug-likeness (QED) is 0.0261. The van der Waals surface area contributed by atoms with Crippen molar-refractivity contribution < 1.29 is 28.6 Å². The minimum atomic E-state index is -0.778. The van der Waals surface area contributed by atoms with E-state index < -0.39 is 6.10 Å². The second-order valence-electron chi connectivity index (χ2n) is 24.1. The Morgan fingerprint density at radius 2 is 0.481 bits per heavy atom. The molecular weight excluding hydrogens is 997 g/mol. The summed E-state index contributed by atoms with van der Waals surface area (Å²) in [6, 6.07) is 0. The molecule has 0 bridgehead atoms. The Balaban J connectivity index is 4.24. The second-order valence-corrected chi connectivity index (χ2v) is 24.1. The standard InChI is InChI=1S/C75H136O6/c1-4-7-10-13-16-19-22-25-28-31-32-33-34-35-36-37-38-39-40-41-42-45-47-50-53-56-59-62-65-68-74(77)80-71-72(81-75(78)69-66-63-60-57-54-51-48-44-30-27-24-21-18-15-12-9-6-3)70-79-73(76)67-64-61-58-55-52-49-46-43-29-26-23-20-17-14-11-8-5-2/h9,12,18,21-22,25,27,30-32,72H,4-8,10-11,13-17,19-20,23-24,26,28-29,33-71H2,1-3H3/b12-9-,21-18-,25-22-,30-27-,32-31-. The van der Waals surface area contributed by atoms with Crippen molar-refractivity contribution in [3.63, 3.8) is 0 Å². The van der Waals surface area contributed by atoms with Crippen LogP contribution in [0.5, 0.6) is 0 Å². The highest BCUT2D eigenvalue weighted by Gasteiger charge is 2.19. The molecule has 0 heterocycles. The third-order valence-electron chi connectivity index (χ3n) is 16.0. The van der Waals surface area contributed by atoms with Crippen molar-refractivity contribution in [2.75, 3.05) is 13.2 Å². The van der Waals surface area contributed by atoms with Crippen LogP contribution >= 0.6 is 0 Å². The predicted octanol–water partition coefficient (Wildman–Crippen LogP) is 24.7. The molecule has 472 valence electrons. The van der Waals surface area contributed by atoms with Gasteiger partial charge >= 0.3 is 17.9 Å². The molecule has 6 nitrogen and oxygen atoms in total. The first-order valence-corrected chi connectivity index (χ1v) is 35.8. The molecule has 0 amide bonds. The summed E-state index contributed by atoms with van der Waals surface area (Å²) in [4.78, 5) is 38.5. The Morgan fingerprint density at radius 1 is 0.259 bits per heavy atom. The molecule has 0 fully saturated rings. The predicted molar refractivity (Wildman–Crippen MR) is 353 cm³/mol. The van der Waals surface area contributed by atoms with Crippen molar-refractivity contribution in [1.29, 1.82) is 0 Å². The van der Waals surface area contributed by atoms with Crippen LogP contribution in [0.3, 0.4) is 0 Å². The Morgan fingerprint density at radius 3 is 0.753 bits per heavy atom. The van der Waals surface area contributed by atoms with E-state index in [0.717, 1.165) is 89.9 Å². The molecule has 0 radical (unpaired) electrons. The molecule has 0 aromatic heterocycles. The van der Waals surface area contributed by atoms with Crippen LogP contribution in [0.4, 0.5) is 0 Å². The van der Waals surface area contributed by atoms with E-state index >= 15 is 0 Å². The molecule has 0 aliphatic heterocycles. The fraction of sp³-hybridized carbons (Fsp3) is 0.827. The molecule has 0 N–H and O–H groups in total. The normalized spacial score (nSPS) is 12.4. The van der Waals surface area contributed by atoms with E-state index in [4.69, 9.17) is 14.2 Å². The van der Waals surface area contributed by atoms with Gasteiger partial charge in [0.2, 0.25) is 0 Å². The van der Waals surface area contributed by atoms with Crippen LogP contribution in [-0.4, -0.2) is 37.2 Å². The van der Waals surface area contributed by atoms with Crippen molar-refractivity contribution in [3.8, 4) is 0 Å². The van der Waals surface area contributed by atoms with Gasteiger partial charge in [0.15, 0.2) is 6.10 Å². The molecule has 81 heavy (non-hydrogen) atoms. The minimum absolute atomic E-state index is 0.0733. The van der Waals surface area contributed by atoms with E-state index in [-0.39, 0.29) is 31.1 Å². The highest BCUT2D eigenvalue weighted by atomic mass is 16.6. The topological polar surface area (TPSA) is 78.9 Å². The van der Waals surface area contributed by atoms with E-state index in [0.29, 0.717) is 19.3 Å². The second kappa shape index (κ2) is 69.6. The minimum Gasteiger partial charge on any atom is -0.462 e. The van der Waals surface area contributed by atoms with Gasteiger partial charge in [-0.05, 0) is 83.5 Å². The molecular formula is C75H136O6. The van der Waals surface area contributed by atoms with Gasteiger partial charge in [-0.25, -0.2) is 0 Å². The Kier molecular flexibility index (Phi) is 67.1. The number of allylic oxidation sites excluding steroid dienone is 10. The Bertz CT molecular complexity index is 1440. The van der Waals surface area contributed by atoms with E-state index in [2.05, 4.69) is 81.5 Å². The van der Waals surface area contributed by atoms with Gasteiger partial charge in [-0.2, -0.15) is 0 Å². The summed E-state index contributed by atoms with van der Waals surface area (Å²) in [6.07, 6.45) is 89.7. The summed E-state index contributed by atoms with van der Waals surface area (Å²) in [5.41, 5.74) is 0. The van der Waals surface area contributed by atoms with E-state index in [1.165, 1.54) is 250 Å². The zero-order valence-electron chi connectivity index (χ0n) is 54.3. The molecule has 0 saturated heterocycles. The Labute approximate surface area is 504 Å². The van der Waals surface area contributed by atoms with Gasteiger partial charge in [-0.15, -0.1) is 0 Å². The van der Waals surface area contributed by atoms with E-state index in [1.807, 2.05) is 0 Å². The highest BCUT2D eigenvalue weighted by Crippen LogP contribution is 2.18. The van der Waals surface area contributed by atoms with Gasteiger partial charge in [0.1, 0.15) is 13.2 Å². The van der Waals surface area contributed by atoms with Crippen molar-refractivity contribution in [3.05, 3.63) is 60.8 Å². The van der Waals surface area contributed by atoms with Crippen LogP contribution in [0.25, 0.3) is 0 Å². The molecule has 0 spiro atoms. The maximum absolute atomic E-state index is 12.9. The molecule has 0 saturated carbocycles. The summed E-state index contributed by atoms with van der Waals surface area (Å²) in [5, 5.41) is 0. The molecule has 6 heteroatoms. The molecule has 0 rings (SSSR count). The van der Waals surface area contributed by atoms with Gasteiger partial charge in [-0.3, -0.25) is 14.4 Å². The van der Waals surface area contributed by atoms with Crippen molar-refractivity contribution >= 4 is 17.9 Å². The molecule has 0 aliphatic carbocycles. The first kappa shape index (κ1) is 78.1. The van der Waals surface area contributed by atoms with E-state index in [9.17, 15) is 14.4 Å². The number of rotatable bonds is 66. The molecule has 0 aliphatic rings. The van der Waals surface area contributed by atoms with Crippen LogP contribution in [-0.2, 0) is 28.6 Å². The third-order valence-corrected chi connectivity index (χ3v) is 16.0. The van der Waals surface area contributed by atoms with Crippen LogP contribution in [0.1, 0.15) is 380 Å². The van der Waals surface area contributed by atoms with Crippen LogP contribution in [0.15, 0.2) is 60.8 Å². The van der Waals surface area contributed by atoms with Gasteiger partial charge in [0.05, 0.1) is 0 Å². The Hall–Kier alpha value is -2.89. The van der Waals surface area contributed by atoms with Crippen LogP contribution < -0.4 is 0 Å². The van der Waals surface area contributed by atoms with Crippen molar-refractivity contribution in [2.45, 2.75) is 386 Å². The largest absolute Gasteiger partial charge is 0.462 e. The number of carbonyl (C=O) groups excluding carboxylic acids is 3. The molecule has 0 aromatic rings. The lowest BCUT2D eigenvalue weighted by Gasteiger charge is -2.18. The number of esters is 3. The maximum Gasteiger partial charge on any atom is 0.306 e. The zero-order valence-corrected chi connectivity index (χ0v) is 54.3. The molecule has 1 unspecified atom stereocenters. The molecule has 1 atom stereocenters. The summed E-state index contributed by atoms with van der Waals surface area (Å²) < 4.78 is 17.0. The van der Waals surface area contributed by atoms with Gasteiger partial charge < -0.3 is 14.2 Å². The van der Waals surface area contributed by atoms with E-state index in [1.54, 1.807) is 0 Å². The lowest BCUT2D eigenvalue weighted by Crippen LogP contribution is -2.30. The summed E-state index contributed by atoms with van der Waals surface area (Å²) in [7, 11) is 0. The smallest absolute Gasteiger partial charge is 0.306 e. The van der Waals surface area contributed by atoms with Gasteiger partial charge in [0, 0.05) is 19.3 Å². The highest BCUT2D eigenvalue weighted by molar-refractivity contribution is 5.71. The average molecular weight is 1130 g/mol. The van der Waals surface area contributed by atoms with Gasteiger partial charge in [0.25, 0.3) is 0 Å². The zero-order chi connectivity index (χ0) is 58.5. The third kappa shape index (κ3) is 67.8. The van der Waals surface area contributed by atoms with Crippen LogP contribution in [0, 0.1) is 0 Å². The number of carbonyl (C=O) groups is 3. The number of ether oxygens (including phenoxy) is 3. The monoisotopic (exact) mass is 1130 g/mol. The van der Waals surface area contributed by atoms with Crippen molar-refractivity contribution in [1.82, 2.24) is 0 Å². The number of unbranched alkanes of at least 4 members (excludes halogenated alkanes) is 45. The van der Waals surface area contributed by atoms with Gasteiger partial charge in [-0.1, -0.05) is 338 Å². The number of hydrogen-bond acceptors (Lipinski definition) is 6. The maximum atomic E-state index is 12.9. The SMILES string of the molecule is CC/C=C\C/C=C\C/C=C\CCCCCCCCCC(=O)OC(COC(=O)CCCCCCCCCCCCCCCCCCC)COC(=O)CCCCCCCCCCCCCCCCCCC/C=C\C/C=C\CCCCCCC. The summed E-state index contributed by atoms with van der Waals surface area (Å²) in [5.74, 6) is -0.857. The fourth-order valence-electron chi connectivity index (χ4n) is 10.7. The number of hydrogen-bond donors (Lipinski definition) is 0. The fourth-order valence-corrected chi connectivity index (χ4v) is 10.7. The average Bonchev–Trinajstić information content (AvgIpc) is 3.47. The first-order valence-electron chi connectivity index (χ1n) is 35.8. The summed E-state index contributed by atoms with van der Waals surface area (Å²) in [6.45, 7) is 6.58.